The lowest BCUT2D eigenvalue weighted by Gasteiger charge is -2.20. The van der Waals surface area contributed by atoms with Gasteiger partial charge in [0, 0.05) is 11.1 Å². The zero-order valence-electron chi connectivity index (χ0n) is 15.5. The Morgan fingerprint density at radius 2 is 1.82 bits per heavy atom. The van der Waals surface area contributed by atoms with Crippen molar-refractivity contribution >= 4 is 29.3 Å². The van der Waals surface area contributed by atoms with E-state index in [9.17, 15) is 4.79 Å². The van der Waals surface area contributed by atoms with Crippen LogP contribution in [0.15, 0.2) is 59.8 Å². The number of hydrogen-bond acceptors (Lipinski definition) is 4. The van der Waals surface area contributed by atoms with Crippen molar-refractivity contribution in [3.8, 4) is 0 Å². The molecule has 7 heteroatoms. The highest BCUT2D eigenvalue weighted by molar-refractivity contribution is 7.99. The van der Waals surface area contributed by atoms with Gasteiger partial charge in [-0.15, -0.1) is 10.2 Å². The van der Waals surface area contributed by atoms with Crippen LogP contribution in [0.5, 0.6) is 0 Å². The minimum atomic E-state index is -0.227. The van der Waals surface area contributed by atoms with Gasteiger partial charge in [-0.1, -0.05) is 65.8 Å². The van der Waals surface area contributed by atoms with Crippen molar-refractivity contribution in [1.82, 2.24) is 20.1 Å². The monoisotopic (exact) mass is 412 g/mol. The molecule has 28 heavy (non-hydrogen) atoms. The quantitative estimate of drug-likeness (QED) is 0.577. The number of rotatable bonds is 7. The molecule has 3 aromatic rings. The Morgan fingerprint density at radius 1 is 1.14 bits per heavy atom. The molecule has 1 N–H and O–H groups in total. The smallest absolute Gasteiger partial charge is 0.231 e. The van der Waals surface area contributed by atoms with Crippen LogP contribution in [-0.4, -0.2) is 26.4 Å². The third kappa shape index (κ3) is 4.39. The summed E-state index contributed by atoms with van der Waals surface area (Å²) in [6, 6.07) is 17.8. The van der Waals surface area contributed by atoms with Crippen molar-refractivity contribution in [2.75, 3.05) is 5.75 Å². The molecular weight excluding hydrogens is 392 g/mol. The third-order valence-electron chi connectivity index (χ3n) is 4.72. The number of carbonyl (C=O) groups is 1. The second-order valence-electron chi connectivity index (χ2n) is 6.88. The number of nitrogens with one attached hydrogen (secondary N) is 1. The van der Waals surface area contributed by atoms with Crippen LogP contribution >= 0.6 is 23.4 Å². The molecule has 5 nitrogen and oxygen atoms in total. The molecule has 1 aliphatic carbocycles. The summed E-state index contributed by atoms with van der Waals surface area (Å²) in [5.74, 6) is 1.16. The standard InChI is InChI=1S/C21H21ClN4OS/c1-14-24-25-21(26(14)18-11-12-18)28-13-19(27)23-20(15-5-3-2-4-6-15)16-7-9-17(22)10-8-16/h2-10,18,20H,11-13H2,1H3,(H,23,27)/t20-/m1/s1. The lowest BCUT2D eigenvalue weighted by Crippen LogP contribution is -2.30. The maximum Gasteiger partial charge on any atom is 0.231 e. The molecule has 0 spiro atoms. The van der Waals surface area contributed by atoms with E-state index in [0.717, 1.165) is 34.9 Å². The Bertz CT molecular complexity index is 954. The average Bonchev–Trinajstić information content (AvgIpc) is 3.48. The number of amides is 1. The number of aromatic nitrogens is 3. The molecule has 1 atom stereocenters. The van der Waals surface area contributed by atoms with Crippen molar-refractivity contribution in [2.45, 2.75) is 37.0 Å². The van der Waals surface area contributed by atoms with E-state index in [1.807, 2.05) is 61.5 Å². The van der Waals surface area contributed by atoms with Gasteiger partial charge in [-0.2, -0.15) is 0 Å². The van der Waals surface area contributed by atoms with Crippen LogP contribution in [0, 0.1) is 6.92 Å². The van der Waals surface area contributed by atoms with Gasteiger partial charge >= 0.3 is 0 Å². The second kappa shape index (κ2) is 8.37. The third-order valence-corrected chi connectivity index (χ3v) is 5.92. The first kappa shape index (κ1) is 19.0. The molecule has 0 bridgehead atoms. The fraction of sp³-hybridized carbons (Fsp3) is 0.286. The summed E-state index contributed by atoms with van der Waals surface area (Å²) < 4.78 is 2.14. The predicted octanol–water partition coefficient (Wildman–Crippen LogP) is 4.57. The number of nitrogens with zero attached hydrogens (tertiary/aromatic N) is 3. The first-order chi connectivity index (χ1) is 13.6. The Morgan fingerprint density at radius 3 is 2.50 bits per heavy atom. The zero-order chi connectivity index (χ0) is 19.5. The van der Waals surface area contributed by atoms with Crippen LogP contribution in [0.1, 0.15) is 41.9 Å². The summed E-state index contributed by atoms with van der Waals surface area (Å²) in [5.41, 5.74) is 2.02. The summed E-state index contributed by atoms with van der Waals surface area (Å²) in [7, 11) is 0. The lowest BCUT2D eigenvalue weighted by atomic mass is 9.99. The summed E-state index contributed by atoms with van der Waals surface area (Å²) in [4.78, 5) is 12.7. The van der Waals surface area contributed by atoms with Crippen molar-refractivity contribution < 1.29 is 4.79 Å². The number of thioether (sulfide) groups is 1. The van der Waals surface area contributed by atoms with Gasteiger partial charge in [0.1, 0.15) is 5.82 Å². The average molecular weight is 413 g/mol. The molecular formula is C21H21ClN4OS. The summed E-state index contributed by atoms with van der Waals surface area (Å²) in [5, 5.41) is 13.0. The predicted molar refractivity (Wildman–Crippen MR) is 112 cm³/mol. The maximum atomic E-state index is 12.7. The summed E-state index contributed by atoms with van der Waals surface area (Å²) in [6.07, 6.45) is 2.32. The van der Waals surface area contributed by atoms with Gasteiger partial charge in [-0.3, -0.25) is 4.79 Å². The van der Waals surface area contributed by atoms with Crippen molar-refractivity contribution in [2.24, 2.45) is 0 Å². The SMILES string of the molecule is Cc1nnc(SCC(=O)N[C@H](c2ccccc2)c2ccc(Cl)cc2)n1C1CC1. The van der Waals surface area contributed by atoms with E-state index in [1.54, 1.807) is 0 Å². The molecule has 1 amide bonds. The fourth-order valence-corrected chi connectivity index (χ4v) is 4.18. The minimum Gasteiger partial charge on any atom is -0.344 e. The Balaban J connectivity index is 1.47. The first-order valence-corrected chi connectivity index (χ1v) is 10.6. The van der Waals surface area contributed by atoms with Crippen molar-refractivity contribution in [3.63, 3.8) is 0 Å². The van der Waals surface area contributed by atoms with E-state index in [4.69, 9.17) is 11.6 Å². The summed E-state index contributed by atoms with van der Waals surface area (Å²) in [6.45, 7) is 1.96. The van der Waals surface area contributed by atoms with Crippen LogP contribution in [-0.2, 0) is 4.79 Å². The molecule has 2 aromatic carbocycles. The normalized spacial score (nSPS) is 14.6. The molecule has 1 aromatic heterocycles. The molecule has 4 rings (SSSR count). The lowest BCUT2D eigenvalue weighted by molar-refractivity contribution is -0.119. The second-order valence-corrected chi connectivity index (χ2v) is 8.26. The van der Waals surface area contributed by atoms with Crippen LogP contribution < -0.4 is 5.32 Å². The molecule has 144 valence electrons. The molecule has 0 aliphatic heterocycles. The fourth-order valence-electron chi connectivity index (χ4n) is 3.19. The Kier molecular flexibility index (Phi) is 5.69. The molecule has 0 radical (unpaired) electrons. The van der Waals surface area contributed by atoms with Gasteiger partial charge in [0.25, 0.3) is 0 Å². The van der Waals surface area contributed by atoms with Crippen molar-refractivity contribution in [3.05, 3.63) is 76.6 Å². The number of benzene rings is 2. The Hall–Kier alpha value is -2.31. The van der Waals surface area contributed by atoms with E-state index in [-0.39, 0.29) is 11.9 Å². The highest BCUT2D eigenvalue weighted by Crippen LogP contribution is 2.38. The van der Waals surface area contributed by atoms with Gasteiger partial charge in [-0.05, 0) is 43.0 Å². The van der Waals surface area contributed by atoms with E-state index < -0.39 is 0 Å². The molecule has 1 aliphatic rings. The Labute approximate surface area is 173 Å². The first-order valence-electron chi connectivity index (χ1n) is 9.26. The van der Waals surface area contributed by atoms with Crippen LogP contribution in [0.2, 0.25) is 5.02 Å². The van der Waals surface area contributed by atoms with Crippen LogP contribution in [0.25, 0.3) is 0 Å². The van der Waals surface area contributed by atoms with Crippen LogP contribution in [0.4, 0.5) is 0 Å². The van der Waals surface area contributed by atoms with Gasteiger partial charge in [-0.25, -0.2) is 0 Å². The highest BCUT2D eigenvalue weighted by atomic mass is 35.5. The van der Waals surface area contributed by atoms with Gasteiger partial charge < -0.3 is 9.88 Å². The van der Waals surface area contributed by atoms with Gasteiger partial charge in [0.15, 0.2) is 5.16 Å². The van der Waals surface area contributed by atoms with Gasteiger partial charge in [0.05, 0.1) is 11.8 Å². The minimum absolute atomic E-state index is 0.0446. The molecule has 1 fully saturated rings. The van der Waals surface area contributed by atoms with E-state index in [2.05, 4.69) is 20.1 Å². The molecule has 0 saturated heterocycles. The van der Waals surface area contributed by atoms with Crippen LogP contribution in [0.3, 0.4) is 0 Å². The van der Waals surface area contributed by atoms with E-state index in [1.165, 1.54) is 11.8 Å². The molecule has 1 heterocycles. The largest absolute Gasteiger partial charge is 0.344 e. The van der Waals surface area contributed by atoms with E-state index >= 15 is 0 Å². The van der Waals surface area contributed by atoms with E-state index in [0.29, 0.717) is 16.8 Å². The number of carbonyl (C=O) groups excluding carboxylic acids is 1. The number of aryl methyl sites for hydroxylation is 1. The summed E-state index contributed by atoms with van der Waals surface area (Å²) >= 11 is 7.46. The number of halogens is 1. The maximum absolute atomic E-state index is 12.7. The van der Waals surface area contributed by atoms with Gasteiger partial charge in [0.2, 0.25) is 5.91 Å². The highest BCUT2D eigenvalue weighted by Gasteiger charge is 2.28. The molecule has 1 saturated carbocycles. The number of hydrogen-bond donors (Lipinski definition) is 1. The zero-order valence-corrected chi connectivity index (χ0v) is 17.1. The topological polar surface area (TPSA) is 59.8 Å². The van der Waals surface area contributed by atoms with Crippen molar-refractivity contribution in [1.29, 1.82) is 0 Å². The molecule has 0 unspecified atom stereocenters.